The number of imidazole rings is 1. The zero-order valence-electron chi connectivity index (χ0n) is 15.7. The van der Waals surface area contributed by atoms with Crippen LogP contribution in [0.3, 0.4) is 0 Å². The van der Waals surface area contributed by atoms with Crippen molar-refractivity contribution in [3.63, 3.8) is 0 Å². The first-order valence-electron chi connectivity index (χ1n) is 9.48. The molecule has 0 aliphatic rings. The van der Waals surface area contributed by atoms with Gasteiger partial charge in [-0.1, -0.05) is 31.5 Å². The molecule has 2 heterocycles. The summed E-state index contributed by atoms with van der Waals surface area (Å²) >= 11 is 1.93. The lowest BCUT2D eigenvalue weighted by atomic mass is 10.2. The molecular formula is C21H28N4S. The number of nitrogen functional groups attached to an aromatic ring is 1. The van der Waals surface area contributed by atoms with Crippen molar-refractivity contribution in [2.75, 3.05) is 11.5 Å². The van der Waals surface area contributed by atoms with Gasteiger partial charge in [0.25, 0.3) is 0 Å². The van der Waals surface area contributed by atoms with Gasteiger partial charge in [0.2, 0.25) is 0 Å². The van der Waals surface area contributed by atoms with Gasteiger partial charge in [0.15, 0.2) is 5.82 Å². The standard InChI is InChI=1S/C21H28N4S/c1-3-4-12-18-24-19-20(16(2)15-23-21(19)22)25(18)13-8-9-14-26-17-10-6-5-7-11-17/h5-7,10-11,15H,3-4,8-9,12-14H2,1-2H3,(H2,22,23). The molecule has 26 heavy (non-hydrogen) atoms. The van der Waals surface area contributed by atoms with Crippen LogP contribution in [0.2, 0.25) is 0 Å². The molecule has 2 N–H and O–H groups in total. The van der Waals surface area contributed by atoms with Crippen LogP contribution >= 0.6 is 11.8 Å². The Labute approximate surface area is 160 Å². The quantitative estimate of drug-likeness (QED) is 0.415. The number of hydrogen-bond acceptors (Lipinski definition) is 4. The number of benzene rings is 1. The van der Waals surface area contributed by atoms with Gasteiger partial charge in [-0.05, 0) is 49.6 Å². The molecule has 138 valence electrons. The van der Waals surface area contributed by atoms with E-state index in [0.717, 1.165) is 48.5 Å². The van der Waals surface area contributed by atoms with Crippen molar-refractivity contribution < 1.29 is 0 Å². The van der Waals surface area contributed by atoms with E-state index >= 15 is 0 Å². The van der Waals surface area contributed by atoms with Crippen molar-refractivity contribution in [2.24, 2.45) is 0 Å². The van der Waals surface area contributed by atoms with Crippen LogP contribution in [0.1, 0.15) is 44.0 Å². The minimum atomic E-state index is 0.543. The van der Waals surface area contributed by atoms with Crippen molar-refractivity contribution in [1.82, 2.24) is 14.5 Å². The second-order valence-electron chi connectivity index (χ2n) is 6.68. The number of anilines is 1. The topological polar surface area (TPSA) is 56.7 Å². The zero-order chi connectivity index (χ0) is 18.4. The number of unbranched alkanes of at least 4 members (excludes halogenated alkanes) is 2. The van der Waals surface area contributed by atoms with Crippen LogP contribution in [0, 0.1) is 6.92 Å². The summed E-state index contributed by atoms with van der Waals surface area (Å²) in [6, 6.07) is 10.6. The molecule has 0 radical (unpaired) electrons. The number of fused-ring (bicyclic) bond motifs is 1. The summed E-state index contributed by atoms with van der Waals surface area (Å²) in [4.78, 5) is 10.5. The van der Waals surface area contributed by atoms with Gasteiger partial charge in [0.05, 0.1) is 5.52 Å². The monoisotopic (exact) mass is 368 g/mol. The molecule has 2 aromatic heterocycles. The third-order valence-corrected chi connectivity index (χ3v) is 5.70. The highest BCUT2D eigenvalue weighted by Gasteiger charge is 2.15. The lowest BCUT2D eigenvalue weighted by Gasteiger charge is -2.10. The van der Waals surface area contributed by atoms with Gasteiger partial charge in [-0.25, -0.2) is 9.97 Å². The molecule has 0 saturated carbocycles. The summed E-state index contributed by atoms with van der Waals surface area (Å²) in [5.41, 5.74) is 9.28. The molecule has 0 atom stereocenters. The third-order valence-electron chi connectivity index (χ3n) is 4.60. The van der Waals surface area contributed by atoms with Crippen LogP contribution in [0.5, 0.6) is 0 Å². The van der Waals surface area contributed by atoms with Crippen LogP contribution in [0.4, 0.5) is 5.82 Å². The molecule has 3 aromatic rings. The smallest absolute Gasteiger partial charge is 0.151 e. The summed E-state index contributed by atoms with van der Waals surface area (Å²) < 4.78 is 2.38. The third kappa shape index (κ3) is 4.39. The maximum atomic E-state index is 6.09. The Bertz CT molecular complexity index is 842. The maximum Gasteiger partial charge on any atom is 0.151 e. The molecule has 0 saturated heterocycles. The fourth-order valence-corrected chi connectivity index (χ4v) is 4.15. The second kappa shape index (κ2) is 9.08. The van der Waals surface area contributed by atoms with E-state index in [2.05, 4.69) is 53.7 Å². The Morgan fingerprint density at radius 2 is 1.92 bits per heavy atom. The van der Waals surface area contributed by atoms with E-state index in [0.29, 0.717) is 5.82 Å². The average Bonchev–Trinajstić information content (AvgIpc) is 3.03. The number of thioether (sulfide) groups is 1. The van der Waals surface area contributed by atoms with Gasteiger partial charge in [-0.15, -0.1) is 11.8 Å². The molecule has 0 unspecified atom stereocenters. The molecular weight excluding hydrogens is 340 g/mol. The number of nitrogens with zero attached hydrogens (tertiary/aromatic N) is 3. The number of rotatable bonds is 9. The van der Waals surface area contributed by atoms with E-state index in [1.165, 1.54) is 23.3 Å². The van der Waals surface area contributed by atoms with E-state index in [1.807, 2.05) is 18.0 Å². The Hall–Kier alpha value is -2.01. The lowest BCUT2D eigenvalue weighted by molar-refractivity contribution is 0.605. The first kappa shape index (κ1) is 18.8. The van der Waals surface area contributed by atoms with E-state index in [4.69, 9.17) is 10.7 Å². The molecule has 4 nitrogen and oxygen atoms in total. The van der Waals surface area contributed by atoms with Crippen molar-refractivity contribution in [3.05, 3.63) is 47.9 Å². The molecule has 3 rings (SSSR count). The highest BCUT2D eigenvalue weighted by Crippen LogP contribution is 2.25. The fraction of sp³-hybridized carbons (Fsp3) is 0.429. The van der Waals surface area contributed by atoms with E-state index in [9.17, 15) is 0 Å². The fourth-order valence-electron chi connectivity index (χ4n) is 3.21. The molecule has 0 fully saturated rings. The summed E-state index contributed by atoms with van der Waals surface area (Å²) in [7, 11) is 0. The summed E-state index contributed by atoms with van der Waals surface area (Å²) in [5.74, 6) is 2.84. The highest BCUT2D eigenvalue weighted by atomic mass is 32.2. The number of nitrogens with two attached hydrogens (primary N) is 1. The summed E-state index contributed by atoms with van der Waals surface area (Å²) in [6.07, 6.45) is 7.52. The van der Waals surface area contributed by atoms with Crippen LogP contribution in [0.25, 0.3) is 11.0 Å². The average molecular weight is 369 g/mol. The predicted octanol–water partition coefficient (Wildman–Crippen LogP) is 5.24. The number of pyridine rings is 1. The Kier molecular flexibility index (Phi) is 6.56. The molecule has 0 aliphatic heterocycles. The molecule has 0 bridgehead atoms. The van der Waals surface area contributed by atoms with Crippen LogP contribution in [-0.4, -0.2) is 20.3 Å². The largest absolute Gasteiger partial charge is 0.382 e. The predicted molar refractivity (Wildman–Crippen MR) is 112 cm³/mol. The van der Waals surface area contributed by atoms with Gasteiger partial charge in [-0.2, -0.15) is 0 Å². The van der Waals surface area contributed by atoms with E-state index < -0.39 is 0 Å². The first-order valence-corrected chi connectivity index (χ1v) is 10.5. The van der Waals surface area contributed by atoms with Crippen molar-refractivity contribution in [3.8, 4) is 0 Å². The summed E-state index contributed by atoms with van der Waals surface area (Å²) in [6.45, 7) is 5.31. The van der Waals surface area contributed by atoms with Crippen LogP contribution in [0.15, 0.2) is 41.4 Å². The van der Waals surface area contributed by atoms with Crippen LogP contribution in [-0.2, 0) is 13.0 Å². The minimum absolute atomic E-state index is 0.543. The van der Waals surface area contributed by atoms with Gasteiger partial charge < -0.3 is 10.3 Å². The molecule has 5 heteroatoms. The SMILES string of the molecule is CCCCc1nc2c(N)ncc(C)c2n1CCCCSc1ccccc1. The van der Waals surface area contributed by atoms with Crippen molar-refractivity contribution >= 4 is 28.6 Å². The number of aryl methyl sites for hydroxylation is 3. The molecule has 0 aliphatic carbocycles. The normalized spacial score (nSPS) is 11.3. The Morgan fingerprint density at radius 1 is 1.12 bits per heavy atom. The number of hydrogen-bond donors (Lipinski definition) is 1. The molecule has 1 aromatic carbocycles. The second-order valence-corrected chi connectivity index (χ2v) is 7.84. The molecule has 0 spiro atoms. The highest BCUT2D eigenvalue weighted by molar-refractivity contribution is 7.99. The Morgan fingerprint density at radius 3 is 2.69 bits per heavy atom. The van der Waals surface area contributed by atoms with Crippen molar-refractivity contribution in [1.29, 1.82) is 0 Å². The summed E-state index contributed by atoms with van der Waals surface area (Å²) in [5, 5.41) is 0. The van der Waals surface area contributed by atoms with Gasteiger partial charge >= 0.3 is 0 Å². The zero-order valence-corrected chi connectivity index (χ0v) is 16.6. The minimum Gasteiger partial charge on any atom is -0.382 e. The van der Waals surface area contributed by atoms with E-state index in [-0.39, 0.29) is 0 Å². The van der Waals surface area contributed by atoms with Gasteiger partial charge in [0.1, 0.15) is 11.3 Å². The number of aromatic nitrogens is 3. The first-order chi connectivity index (χ1) is 12.7. The maximum absolute atomic E-state index is 6.09. The van der Waals surface area contributed by atoms with Gasteiger partial charge in [0, 0.05) is 24.1 Å². The lowest BCUT2D eigenvalue weighted by Crippen LogP contribution is -2.05. The molecule has 0 amide bonds. The van der Waals surface area contributed by atoms with Crippen molar-refractivity contribution in [2.45, 2.75) is 57.4 Å². The van der Waals surface area contributed by atoms with E-state index in [1.54, 1.807) is 0 Å². The Balaban J connectivity index is 1.68. The van der Waals surface area contributed by atoms with Gasteiger partial charge in [-0.3, -0.25) is 0 Å². The van der Waals surface area contributed by atoms with Crippen LogP contribution < -0.4 is 5.73 Å².